The Balaban J connectivity index is 1.57. The molecule has 1 aliphatic heterocycles. The maximum atomic E-state index is 14.4. The molecule has 1 aliphatic carbocycles. The lowest BCUT2D eigenvalue weighted by molar-refractivity contribution is -0.133. The van der Waals surface area contributed by atoms with Gasteiger partial charge in [-0.1, -0.05) is 92.1 Å². The van der Waals surface area contributed by atoms with Crippen molar-refractivity contribution in [2.75, 3.05) is 10.2 Å². The standard InChI is InChI=1S/C29H29N3O3/c33-27(30-22-16-8-3-9-17-22)26-28(34)31-23-18-10-11-19-24(23)32(26)29(35)25(20-12-4-1-5-13-20)21-14-6-2-7-15-21/h1-2,4-7,10-15,18-19,22,25-26H,3,8-9,16-17H2,(H,30,33)(H,31,34). The van der Waals surface area contributed by atoms with E-state index in [9.17, 15) is 14.4 Å². The molecule has 1 saturated carbocycles. The van der Waals surface area contributed by atoms with E-state index in [1.54, 1.807) is 18.2 Å². The first-order valence-electron chi connectivity index (χ1n) is 12.3. The van der Waals surface area contributed by atoms with Gasteiger partial charge in [0.15, 0.2) is 6.04 Å². The number of carbonyl (C=O) groups is 3. The lowest BCUT2D eigenvalue weighted by Gasteiger charge is -2.38. The highest BCUT2D eigenvalue weighted by molar-refractivity contribution is 6.22. The van der Waals surface area contributed by atoms with Crippen LogP contribution in [0.25, 0.3) is 0 Å². The first-order valence-corrected chi connectivity index (χ1v) is 12.3. The van der Waals surface area contributed by atoms with Crippen LogP contribution in [0.3, 0.4) is 0 Å². The fourth-order valence-electron chi connectivity index (χ4n) is 5.16. The third-order valence-corrected chi connectivity index (χ3v) is 6.88. The fourth-order valence-corrected chi connectivity index (χ4v) is 5.16. The minimum atomic E-state index is -1.28. The Morgan fingerprint density at radius 2 is 1.37 bits per heavy atom. The maximum absolute atomic E-state index is 14.4. The Morgan fingerprint density at radius 3 is 2.00 bits per heavy atom. The summed E-state index contributed by atoms with van der Waals surface area (Å²) < 4.78 is 0. The van der Waals surface area contributed by atoms with Gasteiger partial charge in [-0.3, -0.25) is 19.3 Å². The van der Waals surface area contributed by atoms with Crippen LogP contribution < -0.4 is 15.5 Å². The molecule has 35 heavy (non-hydrogen) atoms. The highest BCUT2D eigenvalue weighted by atomic mass is 16.2. The molecule has 1 atom stereocenters. The molecular formula is C29H29N3O3. The molecule has 3 amide bonds. The van der Waals surface area contributed by atoms with Gasteiger partial charge in [0.2, 0.25) is 5.91 Å². The molecule has 2 N–H and O–H groups in total. The minimum absolute atomic E-state index is 0.0252. The van der Waals surface area contributed by atoms with Crippen LogP contribution in [0, 0.1) is 0 Å². The number of hydrogen-bond acceptors (Lipinski definition) is 3. The van der Waals surface area contributed by atoms with E-state index in [4.69, 9.17) is 0 Å². The van der Waals surface area contributed by atoms with Crippen molar-refractivity contribution < 1.29 is 14.4 Å². The molecular weight excluding hydrogens is 438 g/mol. The lowest BCUT2D eigenvalue weighted by Crippen LogP contribution is -2.60. The van der Waals surface area contributed by atoms with E-state index in [0.29, 0.717) is 11.4 Å². The fraction of sp³-hybridized carbons (Fsp3) is 0.276. The molecule has 6 nitrogen and oxygen atoms in total. The van der Waals surface area contributed by atoms with E-state index in [2.05, 4.69) is 10.6 Å². The highest BCUT2D eigenvalue weighted by Gasteiger charge is 2.44. The van der Waals surface area contributed by atoms with Crippen molar-refractivity contribution in [3.63, 3.8) is 0 Å². The van der Waals surface area contributed by atoms with Crippen molar-refractivity contribution in [3.8, 4) is 0 Å². The van der Waals surface area contributed by atoms with Crippen molar-refractivity contribution in [3.05, 3.63) is 96.1 Å². The van der Waals surface area contributed by atoms with Crippen LogP contribution in [0.15, 0.2) is 84.9 Å². The van der Waals surface area contributed by atoms with Gasteiger partial charge in [0.25, 0.3) is 11.8 Å². The van der Waals surface area contributed by atoms with E-state index in [1.165, 1.54) is 4.90 Å². The van der Waals surface area contributed by atoms with Crippen LogP contribution in [0.5, 0.6) is 0 Å². The van der Waals surface area contributed by atoms with Crippen LogP contribution in [0.2, 0.25) is 0 Å². The summed E-state index contributed by atoms with van der Waals surface area (Å²) in [6.45, 7) is 0. The van der Waals surface area contributed by atoms with E-state index < -0.39 is 23.8 Å². The molecule has 3 aromatic rings. The predicted octanol–water partition coefficient (Wildman–Crippen LogP) is 4.62. The number of nitrogens with one attached hydrogen (secondary N) is 2. The van der Waals surface area contributed by atoms with Gasteiger partial charge in [-0.2, -0.15) is 0 Å². The maximum Gasteiger partial charge on any atom is 0.257 e. The van der Waals surface area contributed by atoms with Crippen LogP contribution in [-0.4, -0.2) is 29.8 Å². The second-order valence-electron chi connectivity index (χ2n) is 9.22. The molecule has 0 spiro atoms. The molecule has 1 heterocycles. The number of anilines is 2. The van der Waals surface area contributed by atoms with E-state index in [-0.39, 0.29) is 11.9 Å². The molecule has 178 valence electrons. The molecule has 0 bridgehead atoms. The van der Waals surface area contributed by atoms with Crippen LogP contribution in [0.1, 0.15) is 49.1 Å². The third kappa shape index (κ3) is 4.69. The molecule has 0 radical (unpaired) electrons. The number of para-hydroxylation sites is 2. The molecule has 1 unspecified atom stereocenters. The van der Waals surface area contributed by atoms with Gasteiger partial charge in [-0.25, -0.2) is 0 Å². The smallest absolute Gasteiger partial charge is 0.257 e. The SMILES string of the molecule is O=C1Nc2ccccc2N(C(=O)C(c2ccccc2)c2ccccc2)C1C(=O)NC1CCCCC1. The summed E-state index contributed by atoms with van der Waals surface area (Å²) in [6.07, 6.45) is 5.04. The summed E-state index contributed by atoms with van der Waals surface area (Å²) in [4.78, 5) is 42.6. The summed E-state index contributed by atoms with van der Waals surface area (Å²) in [5.74, 6) is -1.91. The molecule has 1 fully saturated rings. The van der Waals surface area contributed by atoms with Crippen molar-refractivity contribution in [1.82, 2.24) is 5.32 Å². The molecule has 0 saturated heterocycles. The van der Waals surface area contributed by atoms with E-state index in [0.717, 1.165) is 43.2 Å². The molecule has 0 aromatic heterocycles. The Labute approximate surface area is 205 Å². The number of amides is 3. The van der Waals surface area contributed by atoms with Crippen molar-refractivity contribution in [2.24, 2.45) is 0 Å². The first kappa shape index (κ1) is 22.8. The topological polar surface area (TPSA) is 78.5 Å². The number of benzene rings is 3. The number of carbonyl (C=O) groups excluding carboxylic acids is 3. The van der Waals surface area contributed by atoms with E-state index in [1.807, 2.05) is 66.7 Å². The number of hydrogen-bond donors (Lipinski definition) is 2. The van der Waals surface area contributed by atoms with Crippen molar-refractivity contribution in [1.29, 1.82) is 0 Å². The van der Waals surface area contributed by atoms with Gasteiger partial charge in [0.1, 0.15) is 0 Å². The van der Waals surface area contributed by atoms with Crippen molar-refractivity contribution in [2.45, 2.75) is 50.1 Å². The van der Waals surface area contributed by atoms with Crippen LogP contribution in [0.4, 0.5) is 11.4 Å². The summed E-state index contributed by atoms with van der Waals surface area (Å²) in [6, 6.07) is 24.9. The average molecular weight is 468 g/mol. The van der Waals surface area contributed by atoms with Gasteiger partial charge in [-0.15, -0.1) is 0 Å². The van der Waals surface area contributed by atoms with Gasteiger partial charge in [-0.05, 0) is 36.1 Å². The van der Waals surface area contributed by atoms with Crippen LogP contribution >= 0.6 is 0 Å². The van der Waals surface area contributed by atoms with Gasteiger partial charge >= 0.3 is 0 Å². The van der Waals surface area contributed by atoms with Gasteiger partial charge in [0.05, 0.1) is 17.3 Å². The molecule has 2 aliphatic rings. The summed E-state index contributed by atoms with van der Waals surface area (Å²) in [5.41, 5.74) is 2.65. The Morgan fingerprint density at radius 1 is 0.800 bits per heavy atom. The summed E-state index contributed by atoms with van der Waals surface area (Å²) in [7, 11) is 0. The van der Waals surface area contributed by atoms with Gasteiger partial charge < -0.3 is 10.6 Å². The van der Waals surface area contributed by atoms with Crippen molar-refractivity contribution >= 4 is 29.1 Å². The Kier molecular flexibility index (Phi) is 6.62. The third-order valence-electron chi connectivity index (χ3n) is 6.88. The quantitative estimate of drug-likeness (QED) is 0.538. The molecule has 5 rings (SSSR count). The number of fused-ring (bicyclic) bond motifs is 1. The zero-order chi connectivity index (χ0) is 24.2. The van der Waals surface area contributed by atoms with E-state index >= 15 is 0 Å². The largest absolute Gasteiger partial charge is 0.351 e. The average Bonchev–Trinajstić information content (AvgIpc) is 2.89. The molecule has 6 heteroatoms. The lowest BCUT2D eigenvalue weighted by atomic mass is 9.88. The number of nitrogens with zero attached hydrogens (tertiary/aromatic N) is 1. The summed E-state index contributed by atoms with van der Waals surface area (Å²) in [5, 5.41) is 5.90. The Bertz CT molecular complexity index is 1170. The minimum Gasteiger partial charge on any atom is -0.351 e. The summed E-state index contributed by atoms with van der Waals surface area (Å²) >= 11 is 0. The highest BCUT2D eigenvalue weighted by Crippen LogP contribution is 2.37. The van der Waals surface area contributed by atoms with Crippen LogP contribution in [-0.2, 0) is 14.4 Å². The first-order chi connectivity index (χ1) is 17.1. The zero-order valence-electron chi connectivity index (χ0n) is 19.5. The second kappa shape index (κ2) is 10.1. The van der Waals surface area contributed by atoms with Gasteiger partial charge in [0, 0.05) is 6.04 Å². The molecule has 3 aromatic carbocycles. The zero-order valence-corrected chi connectivity index (χ0v) is 19.5. The normalized spacial score (nSPS) is 18.0. The Hall–Kier alpha value is -3.93. The predicted molar refractivity (Wildman–Crippen MR) is 136 cm³/mol. The number of rotatable bonds is 5. The monoisotopic (exact) mass is 467 g/mol. The second-order valence-corrected chi connectivity index (χ2v) is 9.22.